The van der Waals surface area contributed by atoms with Crippen molar-refractivity contribution >= 4 is 21.8 Å². The molecule has 0 aliphatic carbocycles. The highest BCUT2D eigenvalue weighted by atomic mass is 79.9. The van der Waals surface area contributed by atoms with Gasteiger partial charge < -0.3 is 10.6 Å². The zero-order valence-corrected chi connectivity index (χ0v) is 12.9. The van der Waals surface area contributed by atoms with Gasteiger partial charge in [-0.2, -0.15) is 0 Å². The number of rotatable bonds is 3. The van der Waals surface area contributed by atoms with Crippen LogP contribution in [0.2, 0.25) is 0 Å². The topological polar surface area (TPSA) is 46.3 Å². The van der Waals surface area contributed by atoms with Crippen molar-refractivity contribution in [2.45, 2.75) is 44.7 Å². The summed E-state index contributed by atoms with van der Waals surface area (Å²) in [7, 11) is 0. The first-order chi connectivity index (χ1) is 9.06. The second kappa shape index (κ2) is 6.53. The zero-order chi connectivity index (χ0) is 13.8. The Kier molecular flexibility index (Phi) is 4.99. The fraction of sp³-hybridized carbons (Fsp3) is 0.533. The first-order valence-electron chi connectivity index (χ1n) is 6.86. The minimum absolute atomic E-state index is 0.252. The summed E-state index contributed by atoms with van der Waals surface area (Å²) in [5.74, 6) is 0.252. The quantitative estimate of drug-likeness (QED) is 0.929. The molecule has 1 amide bonds. The van der Waals surface area contributed by atoms with E-state index in [0.29, 0.717) is 6.42 Å². The molecule has 19 heavy (non-hydrogen) atoms. The maximum Gasteiger partial charge on any atom is 0.223 e. The third-order valence-electron chi connectivity index (χ3n) is 3.78. The van der Waals surface area contributed by atoms with E-state index in [4.69, 9.17) is 5.73 Å². The molecule has 0 spiro atoms. The van der Waals surface area contributed by atoms with E-state index in [1.54, 1.807) is 0 Å². The van der Waals surface area contributed by atoms with Gasteiger partial charge in [0, 0.05) is 29.5 Å². The van der Waals surface area contributed by atoms with Gasteiger partial charge in [-0.05, 0) is 43.9 Å². The predicted molar refractivity (Wildman–Crippen MR) is 80.8 cm³/mol. The Morgan fingerprint density at radius 1 is 1.42 bits per heavy atom. The number of hydrogen-bond donors (Lipinski definition) is 1. The first kappa shape index (κ1) is 14.5. The molecule has 2 N–H and O–H groups in total. The normalized spacial score (nSPS) is 23.4. The van der Waals surface area contributed by atoms with Gasteiger partial charge >= 0.3 is 0 Å². The van der Waals surface area contributed by atoms with Gasteiger partial charge in [-0.1, -0.05) is 28.1 Å². The van der Waals surface area contributed by atoms with E-state index in [1.165, 1.54) is 5.56 Å². The predicted octanol–water partition coefficient (Wildman–Crippen LogP) is 2.72. The molecule has 2 rings (SSSR count). The van der Waals surface area contributed by atoms with Crippen molar-refractivity contribution in [2.75, 3.05) is 6.54 Å². The van der Waals surface area contributed by atoms with Gasteiger partial charge in [-0.3, -0.25) is 4.79 Å². The Balaban J connectivity index is 1.85. The minimum atomic E-state index is 0.252. The Bertz CT molecular complexity index is 432. The average Bonchev–Trinajstić information content (AvgIpc) is 2.37. The average molecular weight is 325 g/mol. The summed E-state index contributed by atoms with van der Waals surface area (Å²) in [5.41, 5.74) is 7.13. The minimum Gasteiger partial charge on any atom is -0.340 e. The van der Waals surface area contributed by atoms with Crippen LogP contribution < -0.4 is 5.73 Å². The summed E-state index contributed by atoms with van der Waals surface area (Å²) in [4.78, 5) is 14.2. The van der Waals surface area contributed by atoms with Crippen LogP contribution in [0.25, 0.3) is 0 Å². The van der Waals surface area contributed by atoms with Gasteiger partial charge in [-0.25, -0.2) is 0 Å². The van der Waals surface area contributed by atoms with Crippen LogP contribution >= 0.6 is 15.9 Å². The maximum atomic E-state index is 12.2. The van der Waals surface area contributed by atoms with Crippen LogP contribution in [0.4, 0.5) is 0 Å². The molecule has 2 atom stereocenters. The van der Waals surface area contributed by atoms with Gasteiger partial charge in [0.15, 0.2) is 0 Å². The fourth-order valence-corrected chi connectivity index (χ4v) is 2.89. The number of benzene rings is 1. The van der Waals surface area contributed by atoms with Crippen LogP contribution in [0.15, 0.2) is 28.7 Å². The second-order valence-corrected chi connectivity index (χ2v) is 6.26. The second-order valence-electron chi connectivity index (χ2n) is 5.35. The summed E-state index contributed by atoms with van der Waals surface area (Å²) in [6.45, 7) is 2.90. The number of carbonyl (C=O) groups is 1. The Morgan fingerprint density at radius 2 is 2.11 bits per heavy atom. The third-order valence-corrected chi connectivity index (χ3v) is 4.31. The standard InChI is InChI=1S/C15H21BrN2O/c1-11-10-14(17)8-9-18(11)15(19)7-4-12-2-5-13(16)6-3-12/h2-3,5-6,11,14H,4,7-10,17H2,1H3/t11-,14+/m1/s1. The molecule has 1 aromatic carbocycles. The zero-order valence-electron chi connectivity index (χ0n) is 11.3. The molecule has 104 valence electrons. The highest BCUT2D eigenvalue weighted by molar-refractivity contribution is 9.10. The molecule has 0 radical (unpaired) electrons. The summed E-state index contributed by atoms with van der Waals surface area (Å²) < 4.78 is 1.07. The van der Waals surface area contributed by atoms with Crippen molar-refractivity contribution in [1.82, 2.24) is 4.90 Å². The van der Waals surface area contributed by atoms with Crippen LogP contribution in [-0.2, 0) is 11.2 Å². The van der Waals surface area contributed by atoms with Gasteiger partial charge in [0.2, 0.25) is 5.91 Å². The largest absolute Gasteiger partial charge is 0.340 e. The van der Waals surface area contributed by atoms with Gasteiger partial charge in [0.1, 0.15) is 0 Å². The first-order valence-corrected chi connectivity index (χ1v) is 7.65. The number of amides is 1. The number of likely N-dealkylation sites (tertiary alicyclic amines) is 1. The van der Waals surface area contributed by atoms with E-state index in [2.05, 4.69) is 35.0 Å². The lowest BCUT2D eigenvalue weighted by Crippen LogP contribution is -2.48. The molecule has 1 saturated heterocycles. The number of aryl methyl sites for hydroxylation is 1. The van der Waals surface area contributed by atoms with E-state index in [-0.39, 0.29) is 18.0 Å². The number of piperidine rings is 1. The molecule has 1 aliphatic heterocycles. The number of hydrogen-bond acceptors (Lipinski definition) is 2. The number of nitrogens with zero attached hydrogens (tertiary/aromatic N) is 1. The lowest BCUT2D eigenvalue weighted by molar-refractivity contribution is -0.134. The third kappa shape index (κ3) is 4.05. The highest BCUT2D eigenvalue weighted by Gasteiger charge is 2.26. The van der Waals surface area contributed by atoms with Crippen LogP contribution in [0.5, 0.6) is 0 Å². The van der Waals surface area contributed by atoms with Gasteiger partial charge in [0.25, 0.3) is 0 Å². The monoisotopic (exact) mass is 324 g/mol. The number of halogens is 1. The molecular weight excluding hydrogens is 304 g/mol. The van der Waals surface area contributed by atoms with Crippen LogP contribution in [0.1, 0.15) is 31.7 Å². The van der Waals surface area contributed by atoms with Crippen molar-refractivity contribution in [3.05, 3.63) is 34.3 Å². The lowest BCUT2D eigenvalue weighted by Gasteiger charge is -2.36. The van der Waals surface area contributed by atoms with Crippen LogP contribution in [0, 0.1) is 0 Å². The van der Waals surface area contributed by atoms with E-state index >= 15 is 0 Å². The van der Waals surface area contributed by atoms with Crippen molar-refractivity contribution in [3.8, 4) is 0 Å². The smallest absolute Gasteiger partial charge is 0.223 e. The van der Waals surface area contributed by atoms with Crippen LogP contribution in [0.3, 0.4) is 0 Å². The SMILES string of the molecule is C[C@@H]1C[C@@H](N)CCN1C(=O)CCc1ccc(Br)cc1. The molecule has 1 fully saturated rings. The summed E-state index contributed by atoms with van der Waals surface area (Å²) in [6.07, 6.45) is 3.24. The summed E-state index contributed by atoms with van der Waals surface area (Å²) >= 11 is 3.41. The molecule has 1 aliphatic rings. The molecule has 0 bridgehead atoms. The Labute approximate surface area is 123 Å². The van der Waals surface area contributed by atoms with Crippen molar-refractivity contribution in [2.24, 2.45) is 5.73 Å². The van der Waals surface area contributed by atoms with Crippen molar-refractivity contribution in [3.63, 3.8) is 0 Å². The molecule has 1 aromatic rings. The maximum absolute atomic E-state index is 12.2. The van der Waals surface area contributed by atoms with E-state index in [9.17, 15) is 4.79 Å². The van der Waals surface area contributed by atoms with Crippen molar-refractivity contribution in [1.29, 1.82) is 0 Å². The Morgan fingerprint density at radius 3 is 2.74 bits per heavy atom. The molecule has 1 heterocycles. The Hall–Kier alpha value is -0.870. The molecular formula is C15H21BrN2O. The van der Waals surface area contributed by atoms with E-state index in [0.717, 1.165) is 30.3 Å². The van der Waals surface area contributed by atoms with E-state index in [1.807, 2.05) is 17.0 Å². The number of nitrogens with two attached hydrogens (primary N) is 1. The molecule has 3 nitrogen and oxygen atoms in total. The number of carbonyl (C=O) groups excluding carboxylic acids is 1. The van der Waals surface area contributed by atoms with E-state index < -0.39 is 0 Å². The lowest BCUT2D eigenvalue weighted by atomic mass is 9.98. The molecule has 0 unspecified atom stereocenters. The van der Waals surface area contributed by atoms with Crippen LogP contribution in [-0.4, -0.2) is 29.4 Å². The van der Waals surface area contributed by atoms with Crippen molar-refractivity contribution < 1.29 is 4.79 Å². The molecule has 0 aromatic heterocycles. The highest BCUT2D eigenvalue weighted by Crippen LogP contribution is 2.18. The summed E-state index contributed by atoms with van der Waals surface area (Å²) in [6, 6.07) is 8.69. The fourth-order valence-electron chi connectivity index (χ4n) is 2.62. The van der Waals surface area contributed by atoms with Gasteiger partial charge in [-0.15, -0.1) is 0 Å². The molecule has 4 heteroatoms. The summed E-state index contributed by atoms with van der Waals surface area (Å²) in [5, 5.41) is 0. The van der Waals surface area contributed by atoms with Gasteiger partial charge in [0.05, 0.1) is 0 Å². The molecule has 0 saturated carbocycles.